The number of rotatable bonds is 4. The van der Waals surface area contributed by atoms with Gasteiger partial charge < -0.3 is 9.32 Å². The summed E-state index contributed by atoms with van der Waals surface area (Å²) in [6.45, 7) is 0.348. The highest BCUT2D eigenvalue weighted by molar-refractivity contribution is 6.09. The Morgan fingerprint density at radius 2 is 1.86 bits per heavy atom. The van der Waals surface area contributed by atoms with E-state index >= 15 is 0 Å². The van der Waals surface area contributed by atoms with Crippen LogP contribution in [0, 0.1) is 5.92 Å². The molecule has 0 aliphatic carbocycles. The molecule has 1 aliphatic heterocycles. The minimum absolute atomic E-state index is 0.139. The highest BCUT2D eigenvalue weighted by Gasteiger charge is 2.32. The van der Waals surface area contributed by atoms with Crippen LogP contribution in [0.4, 0.5) is 0 Å². The number of hydrogen-bond acceptors (Lipinski definition) is 3. The third kappa shape index (κ3) is 2.94. The van der Waals surface area contributed by atoms with Gasteiger partial charge in [0.15, 0.2) is 5.78 Å². The molecule has 1 amide bonds. The molecule has 0 saturated heterocycles. The van der Waals surface area contributed by atoms with Crippen LogP contribution < -0.4 is 0 Å². The van der Waals surface area contributed by atoms with Crippen LogP contribution in [0.15, 0.2) is 65.4 Å². The zero-order valence-electron chi connectivity index (χ0n) is 11.4. The van der Waals surface area contributed by atoms with E-state index in [1.165, 1.54) is 17.2 Å². The molecule has 1 aromatic carbocycles. The topological polar surface area (TPSA) is 50.5 Å². The molecule has 1 aromatic heterocycles. The molecule has 2 heterocycles. The Bertz CT molecular complexity index is 659. The van der Waals surface area contributed by atoms with Crippen LogP contribution >= 0.6 is 0 Å². The molecule has 4 heteroatoms. The van der Waals surface area contributed by atoms with E-state index in [0.29, 0.717) is 18.7 Å². The van der Waals surface area contributed by atoms with E-state index in [9.17, 15) is 9.59 Å². The maximum absolute atomic E-state index is 12.5. The molecule has 0 radical (unpaired) electrons. The second-order valence-electron chi connectivity index (χ2n) is 5.01. The van der Waals surface area contributed by atoms with Gasteiger partial charge in [0.25, 0.3) is 0 Å². The number of furan rings is 1. The van der Waals surface area contributed by atoms with Gasteiger partial charge in [0.1, 0.15) is 11.7 Å². The zero-order chi connectivity index (χ0) is 14.7. The molecule has 1 atom stereocenters. The normalized spacial score (nSPS) is 18.3. The number of ketones is 1. The van der Waals surface area contributed by atoms with Crippen molar-refractivity contribution in [2.24, 2.45) is 5.92 Å². The summed E-state index contributed by atoms with van der Waals surface area (Å²) in [5.74, 6) is -0.268. The van der Waals surface area contributed by atoms with E-state index in [1.54, 1.807) is 12.3 Å². The van der Waals surface area contributed by atoms with E-state index in [0.717, 1.165) is 5.56 Å². The third-order valence-electron chi connectivity index (χ3n) is 3.53. The van der Waals surface area contributed by atoms with Crippen LogP contribution in [0.5, 0.6) is 0 Å². The van der Waals surface area contributed by atoms with E-state index in [2.05, 4.69) is 0 Å². The fourth-order valence-corrected chi connectivity index (χ4v) is 2.41. The van der Waals surface area contributed by atoms with Gasteiger partial charge in [-0.15, -0.1) is 0 Å². The van der Waals surface area contributed by atoms with Crippen LogP contribution in [-0.2, 0) is 22.6 Å². The number of nitrogens with zero attached hydrogens (tertiary/aromatic N) is 1. The molecular weight excluding hydrogens is 266 g/mol. The lowest BCUT2D eigenvalue weighted by atomic mass is 9.92. The van der Waals surface area contributed by atoms with E-state index in [1.807, 2.05) is 36.4 Å². The molecule has 3 rings (SSSR count). The summed E-state index contributed by atoms with van der Waals surface area (Å²) >= 11 is 0. The Kier molecular flexibility index (Phi) is 3.69. The summed E-state index contributed by atoms with van der Waals surface area (Å²) in [7, 11) is 0. The smallest absolute Gasteiger partial charge is 0.238 e. The maximum Gasteiger partial charge on any atom is 0.238 e. The Balaban J connectivity index is 1.76. The van der Waals surface area contributed by atoms with Crippen molar-refractivity contribution >= 4 is 11.7 Å². The average molecular weight is 281 g/mol. The fraction of sp³-hybridized carbons (Fsp3) is 0.176. The number of carbonyl (C=O) groups is 2. The highest BCUT2D eigenvalue weighted by Crippen LogP contribution is 2.20. The Morgan fingerprint density at radius 1 is 1.05 bits per heavy atom. The molecule has 1 aliphatic rings. The van der Waals surface area contributed by atoms with Crippen molar-refractivity contribution in [3.63, 3.8) is 0 Å². The molecular formula is C17H15NO3. The van der Waals surface area contributed by atoms with Crippen molar-refractivity contribution in [1.29, 1.82) is 0 Å². The first-order chi connectivity index (χ1) is 10.2. The molecule has 4 nitrogen and oxygen atoms in total. The number of hydrogen-bond donors (Lipinski definition) is 0. The van der Waals surface area contributed by atoms with Crippen molar-refractivity contribution < 1.29 is 14.0 Å². The molecule has 21 heavy (non-hydrogen) atoms. The van der Waals surface area contributed by atoms with Crippen molar-refractivity contribution in [2.75, 3.05) is 0 Å². The second-order valence-corrected chi connectivity index (χ2v) is 5.01. The highest BCUT2D eigenvalue weighted by atomic mass is 16.3. The van der Waals surface area contributed by atoms with Gasteiger partial charge in [-0.25, -0.2) is 0 Å². The number of amides is 1. The van der Waals surface area contributed by atoms with Gasteiger partial charge in [-0.1, -0.05) is 30.3 Å². The lowest BCUT2D eigenvalue weighted by Crippen LogP contribution is -2.40. The third-order valence-corrected chi connectivity index (χ3v) is 3.53. The van der Waals surface area contributed by atoms with Crippen LogP contribution in [-0.4, -0.2) is 16.6 Å². The summed E-state index contributed by atoms with van der Waals surface area (Å²) in [5.41, 5.74) is 0.984. The predicted octanol–water partition coefficient (Wildman–Crippen LogP) is 2.56. The first-order valence-corrected chi connectivity index (χ1v) is 6.83. The summed E-state index contributed by atoms with van der Waals surface area (Å²) in [5, 5.41) is 0. The summed E-state index contributed by atoms with van der Waals surface area (Å²) in [6.07, 6.45) is 5.00. The molecule has 0 spiro atoms. The van der Waals surface area contributed by atoms with Gasteiger partial charge in [0.05, 0.1) is 12.8 Å². The van der Waals surface area contributed by atoms with Crippen LogP contribution in [0.2, 0.25) is 0 Å². The minimum atomic E-state index is -0.646. The first-order valence-electron chi connectivity index (χ1n) is 6.83. The monoisotopic (exact) mass is 281 g/mol. The molecule has 0 N–H and O–H groups in total. The van der Waals surface area contributed by atoms with Gasteiger partial charge in [0.2, 0.25) is 5.91 Å². The van der Waals surface area contributed by atoms with Gasteiger partial charge in [-0.2, -0.15) is 0 Å². The molecule has 106 valence electrons. The molecule has 0 bridgehead atoms. The van der Waals surface area contributed by atoms with Gasteiger partial charge in [-0.3, -0.25) is 9.59 Å². The van der Waals surface area contributed by atoms with Crippen molar-refractivity contribution in [2.45, 2.75) is 13.0 Å². The standard InChI is InChI=1S/C17H15NO3/c19-16-8-9-18(12-14-7-4-10-21-14)17(20)15(16)11-13-5-2-1-3-6-13/h1-10,15H,11-12H2. The van der Waals surface area contributed by atoms with Gasteiger partial charge in [0, 0.05) is 6.20 Å². The largest absolute Gasteiger partial charge is 0.467 e. The first kappa shape index (κ1) is 13.4. The molecule has 1 unspecified atom stereocenters. The predicted molar refractivity (Wildman–Crippen MR) is 77.0 cm³/mol. The van der Waals surface area contributed by atoms with E-state index < -0.39 is 5.92 Å². The number of benzene rings is 1. The van der Waals surface area contributed by atoms with E-state index in [4.69, 9.17) is 4.42 Å². The van der Waals surface area contributed by atoms with Crippen LogP contribution in [0.1, 0.15) is 11.3 Å². The molecule has 0 fully saturated rings. The Hall–Kier alpha value is -2.62. The van der Waals surface area contributed by atoms with Crippen molar-refractivity contribution in [3.8, 4) is 0 Å². The number of allylic oxidation sites excluding steroid dienone is 1. The lowest BCUT2D eigenvalue weighted by molar-refractivity contribution is -0.139. The van der Waals surface area contributed by atoms with Crippen molar-refractivity contribution in [3.05, 3.63) is 72.3 Å². The van der Waals surface area contributed by atoms with Crippen molar-refractivity contribution in [1.82, 2.24) is 4.90 Å². The SMILES string of the molecule is O=C1C=CN(Cc2ccco2)C(=O)C1Cc1ccccc1. The summed E-state index contributed by atoms with van der Waals surface area (Å²) in [4.78, 5) is 26.0. The van der Waals surface area contributed by atoms with Gasteiger partial charge in [-0.05, 0) is 30.2 Å². The Morgan fingerprint density at radius 3 is 2.57 bits per heavy atom. The second kappa shape index (κ2) is 5.79. The Labute approximate surface area is 122 Å². The fourth-order valence-electron chi connectivity index (χ4n) is 2.41. The molecule has 2 aromatic rings. The summed E-state index contributed by atoms with van der Waals surface area (Å²) < 4.78 is 5.25. The molecule has 0 saturated carbocycles. The number of carbonyl (C=O) groups excluding carboxylic acids is 2. The maximum atomic E-state index is 12.5. The summed E-state index contributed by atoms with van der Waals surface area (Å²) in [6, 6.07) is 13.2. The zero-order valence-corrected chi connectivity index (χ0v) is 11.4. The van der Waals surface area contributed by atoms with Crippen LogP contribution in [0.25, 0.3) is 0 Å². The van der Waals surface area contributed by atoms with Crippen LogP contribution in [0.3, 0.4) is 0 Å². The minimum Gasteiger partial charge on any atom is -0.467 e. The van der Waals surface area contributed by atoms with E-state index in [-0.39, 0.29) is 11.7 Å². The van der Waals surface area contributed by atoms with Gasteiger partial charge >= 0.3 is 0 Å². The average Bonchev–Trinajstić information content (AvgIpc) is 3.01. The quantitative estimate of drug-likeness (QED) is 0.809. The lowest BCUT2D eigenvalue weighted by Gasteiger charge is -2.26.